The van der Waals surface area contributed by atoms with E-state index in [1.807, 2.05) is 26.0 Å². The maximum atomic E-state index is 4.95. The van der Waals surface area contributed by atoms with Gasteiger partial charge in [0.25, 0.3) is 0 Å². The number of nitrogens with zero attached hydrogens (tertiary/aromatic N) is 1. The van der Waals surface area contributed by atoms with Crippen molar-refractivity contribution in [3.63, 3.8) is 0 Å². The number of hydrogen-bond donors (Lipinski definition) is 0. The quantitative estimate of drug-likeness (QED) is 0.462. The Kier molecular flexibility index (Phi) is 1.08. The summed E-state index contributed by atoms with van der Waals surface area (Å²) in [5.41, 5.74) is -0.200. The van der Waals surface area contributed by atoms with Gasteiger partial charge < -0.3 is 4.84 Å². The van der Waals surface area contributed by atoms with Crippen LogP contribution in [0.3, 0.4) is 0 Å². The van der Waals surface area contributed by atoms with E-state index in [1.54, 1.807) is 6.21 Å². The van der Waals surface area contributed by atoms with E-state index in [0.29, 0.717) is 0 Å². The van der Waals surface area contributed by atoms with E-state index < -0.39 is 0 Å². The molecule has 1 aliphatic rings. The molecule has 0 aromatic rings. The van der Waals surface area contributed by atoms with Gasteiger partial charge in [-0.15, -0.1) is 0 Å². The Morgan fingerprint density at radius 1 is 1.50 bits per heavy atom. The van der Waals surface area contributed by atoms with Crippen LogP contribution in [0.1, 0.15) is 13.8 Å². The number of hydrogen-bond acceptors (Lipinski definition) is 2. The molecule has 8 heavy (non-hydrogen) atoms. The fourth-order valence-electron chi connectivity index (χ4n) is 0.507. The Hall–Kier alpha value is -0.790. The lowest BCUT2D eigenvalue weighted by atomic mass is 10.1. The highest BCUT2D eigenvalue weighted by molar-refractivity contribution is 5.71. The van der Waals surface area contributed by atoms with Gasteiger partial charge in [-0.25, -0.2) is 0 Å². The molecule has 0 fully saturated rings. The fourth-order valence-corrected chi connectivity index (χ4v) is 0.507. The lowest BCUT2D eigenvalue weighted by molar-refractivity contribution is 0.0227. The Morgan fingerprint density at radius 3 is 2.50 bits per heavy atom. The van der Waals surface area contributed by atoms with Crippen LogP contribution in [0, 0.1) is 0 Å². The molecule has 0 amide bonds. The summed E-state index contributed by atoms with van der Waals surface area (Å²) in [6.07, 6.45) is 5.47. The van der Waals surface area contributed by atoms with Crippen molar-refractivity contribution in [3.8, 4) is 0 Å². The molecule has 44 valence electrons. The summed E-state index contributed by atoms with van der Waals surface area (Å²) < 4.78 is 0. The van der Waals surface area contributed by atoms with Gasteiger partial charge in [0.1, 0.15) is 0 Å². The Balaban J connectivity index is 2.65. The van der Waals surface area contributed by atoms with Crippen molar-refractivity contribution in [2.45, 2.75) is 19.4 Å². The van der Waals surface area contributed by atoms with Crippen LogP contribution in [0.4, 0.5) is 0 Å². The van der Waals surface area contributed by atoms with Crippen molar-refractivity contribution in [3.05, 3.63) is 12.2 Å². The molecule has 0 N–H and O–H groups in total. The first-order valence-corrected chi connectivity index (χ1v) is 2.60. The summed E-state index contributed by atoms with van der Waals surface area (Å²) in [5, 5.41) is 3.62. The second kappa shape index (κ2) is 1.62. The Labute approximate surface area is 48.8 Å². The first-order valence-electron chi connectivity index (χ1n) is 2.60. The molecule has 0 spiro atoms. The van der Waals surface area contributed by atoms with Crippen molar-refractivity contribution >= 4 is 6.21 Å². The number of rotatable bonds is 0. The molecule has 0 bridgehead atoms. The van der Waals surface area contributed by atoms with Crippen LogP contribution < -0.4 is 0 Å². The monoisotopic (exact) mass is 111 g/mol. The highest BCUT2D eigenvalue weighted by Gasteiger charge is 2.15. The van der Waals surface area contributed by atoms with Crippen LogP contribution in [-0.4, -0.2) is 11.8 Å². The Morgan fingerprint density at radius 2 is 2.25 bits per heavy atom. The van der Waals surface area contributed by atoms with Crippen molar-refractivity contribution in [2.75, 3.05) is 0 Å². The molecular formula is C6H9NO. The van der Waals surface area contributed by atoms with Gasteiger partial charge in [0.05, 0.1) is 6.21 Å². The normalized spacial score (nSPS) is 22.8. The molecular weight excluding hydrogens is 102 g/mol. The molecule has 0 radical (unpaired) electrons. The van der Waals surface area contributed by atoms with Gasteiger partial charge in [0.15, 0.2) is 5.60 Å². The number of oxime groups is 1. The molecule has 1 aliphatic heterocycles. The third-order valence-corrected chi connectivity index (χ3v) is 0.933. The molecule has 2 nitrogen and oxygen atoms in total. The molecule has 0 saturated heterocycles. The van der Waals surface area contributed by atoms with E-state index in [9.17, 15) is 0 Å². The van der Waals surface area contributed by atoms with Crippen molar-refractivity contribution in [2.24, 2.45) is 5.16 Å². The summed E-state index contributed by atoms with van der Waals surface area (Å²) in [6, 6.07) is 0. The van der Waals surface area contributed by atoms with E-state index in [2.05, 4.69) is 5.16 Å². The minimum absolute atomic E-state index is 0.200. The van der Waals surface area contributed by atoms with Crippen LogP contribution in [0.25, 0.3) is 0 Å². The zero-order valence-corrected chi connectivity index (χ0v) is 5.09. The molecule has 0 aliphatic carbocycles. The van der Waals surface area contributed by atoms with Gasteiger partial charge in [-0.1, -0.05) is 5.16 Å². The second-order valence-electron chi connectivity index (χ2n) is 2.31. The van der Waals surface area contributed by atoms with Crippen molar-refractivity contribution in [1.82, 2.24) is 0 Å². The third kappa shape index (κ3) is 1.09. The lowest BCUT2D eigenvalue weighted by Gasteiger charge is -2.18. The van der Waals surface area contributed by atoms with Gasteiger partial charge in [0.2, 0.25) is 0 Å². The fraction of sp³-hybridized carbons (Fsp3) is 0.500. The number of allylic oxidation sites excluding steroid dienone is 1. The topological polar surface area (TPSA) is 21.6 Å². The van der Waals surface area contributed by atoms with Gasteiger partial charge in [-0.3, -0.25) is 0 Å². The minimum Gasteiger partial charge on any atom is -0.386 e. The standard InChI is InChI=1S/C6H9NO/c1-6(2)4-3-5-7-8-6/h3-5H,1-2H3. The van der Waals surface area contributed by atoms with Gasteiger partial charge in [0, 0.05) is 0 Å². The minimum atomic E-state index is -0.200. The van der Waals surface area contributed by atoms with Gasteiger partial charge in [-0.2, -0.15) is 0 Å². The average molecular weight is 111 g/mol. The molecule has 1 heterocycles. The van der Waals surface area contributed by atoms with Crippen LogP contribution in [0.2, 0.25) is 0 Å². The lowest BCUT2D eigenvalue weighted by Crippen LogP contribution is -2.19. The van der Waals surface area contributed by atoms with Gasteiger partial charge in [-0.05, 0) is 26.0 Å². The van der Waals surface area contributed by atoms with Gasteiger partial charge >= 0.3 is 0 Å². The highest BCUT2D eigenvalue weighted by Crippen LogP contribution is 2.12. The summed E-state index contributed by atoms with van der Waals surface area (Å²) >= 11 is 0. The SMILES string of the molecule is CC1(C)C=CC=NO1. The van der Waals surface area contributed by atoms with E-state index in [0.717, 1.165) is 0 Å². The first-order chi connectivity index (χ1) is 3.71. The van der Waals surface area contributed by atoms with Crippen LogP contribution in [0.15, 0.2) is 17.3 Å². The first kappa shape index (κ1) is 5.35. The summed E-state index contributed by atoms with van der Waals surface area (Å²) in [4.78, 5) is 4.95. The zero-order chi connectivity index (χ0) is 6.04. The van der Waals surface area contributed by atoms with E-state index in [-0.39, 0.29) is 5.60 Å². The highest BCUT2D eigenvalue weighted by atomic mass is 16.6. The van der Waals surface area contributed by atoms with Crippen molar-refractivity contribution in [1.29, 1.82) is 0 Å². The molecule has 0 aromatic carbocycles. The average Bonchev–Trinajstić information content (AvgIpc) is 1.65. The predicted octanol–water partition coefficient (Wildman–Crippen LogP) is 1.34. The maximum absolute atomic E-state index is 4.95. The second-order valence-corrected chi connectivity index (χ2v) is 2.31. The molecule has 0 aromatic heterocycles. The van der Waals surface area contributed by atoms with E-state index in [1.165, 1.54) is 0 Å². The smallest absolute Gasteiger partial charge is 0.150 e. The van der Waals surface area contributed by atoms with Crippen molar-refractivity contribution < 1.29 is 4.84 Å². The largest absolute Gasteiger partial charge is 0.386 e. The maximum Gasteiger partial charge on any atom is 0.150 e. The van der Waals surface area contributed by atoms with E-state index in [4.69, 9.17) is 4.84 Å². The molecule has 0 atom stereocenters. The van der Waals surface area contributed by atoms with Crippen LogP contribution in [0.5, 0.6) is 0 Å². The zero-order valence-electron chi connectivity index (χ0n) is 5.09. The molecule has 0 unspecified atom stereocenters. The molecule has 2 heteroatoms. The summed E-state index contributed by atoms with van der Waals surface area (Å²) in [7, 11) is 0. The van der Waals surface area contributed by atoms with Crippen LogP contribution in [-0.2, 0) is 4.84 Å². The van der Waals surface area contributed by atoms with Crippen LogP contribution >= 0.6 is 0 Å². The van der Waals surface area contributed by atoms with E-state index >= 15 is 0 Å². The summed E-state index contributed by atoms with van der Waals surface area (Å²) in [6.45, 7) is 3.92. The molecule has 1 rings (SSSR count). The Bertz CT molecular complexity index is 135. The molecule has 0 saturated carbocycles. The third-order valence-electron chi connectivity index (χ3n) is 0.933. The summed E-state index contributed by atoms with van der Waals surface area (Å²) in [5.74, 6) is 0. The predicted molar refractivity (Wildman–Crippen MR) is 32.8 cm³/mol.